The summed E-state index contributed by atoms with van der Waals surface area (Å²) in [5.74, 6) is 0.0530. The first-order valence-corrected chi connectivity index (χ1v) is 10.2. The minimum absolute atomic E-state index is 0.0530. The molecule has 6 nitrogen and oxygen atoms in total. The second kappa shape index (κ2) is 7.89. The number of carbonyl (C=O) groups is 1. The van der Waals surface area contributed by atoms with Gasteiger partial charge in [0.1, 0.15) is 5.65 Å². The Hall–Kier alpha value is -3.22. The number of aromatic nitrogens is 3. The number of rotatable bonds is 4. The third-order valence-corrected chi connectivity index (χ3v) is 5.54. The summed E-state index contributed by atoms with van der Waals surface area (Å²) in [6, 6.07) is 17.6. The van der Waals surface area contributed by atoms with E-state index in [2.05, 4.69) is 25.8 Å². The van der Waals surface area contributed by atoms with E-state index in [0.717, 1.165) is 40.4 Å². The normalized spacial score (nSPS) is 14.8. The summed E-state index contributed by atoms with van der Waals surface area (Å²) in [6.45, 7) is 2.47. The van der Waals surface area contributed by atoms with Gasteiger partial charge in [-0.25, -0.2) is 4.98 Å². The van der Waals surface area contributed by atoms with E-state index < -0.39 is 0 Å². The molecule has 0 bridgehead atoms. The first kappa shape index (κ1) is 18.8. The fourth-order valence-electron chi connectivity index (χ4n) is 3.81. The van der Waals surface area contributed by atoms with Crippen LogP contribution in [0.25, 0.3) is 28.2 Å². The first-order chi connectivity index (χ1) is 14.7. The van der Waals surface area contributed by atoms with Gasteiger partial charge in [-0.05, 0) is 36.4 Å². The van der Waals surface area contributed by atoms with Crippen molar-refractivity contribution in [3.8, 4) is 22.5 Å². The van der Waals surface area contributed by atoms with Gasteiger partial charge < -0.3 is 9.72 Å². The quantitative estimate of drug-likeness (QED) is 0.550. The molecular weight excluding hydrogens is 398 g/mol. The van der Waals surface area contributed by atoms with E-state index in [-0.39, 0.29) is 5.91 Å². The molecule has 150 valence electrons. The van der Waals surface area contributed by atoms with Gasteiger partial charge in [-0.15, -0.1) is 0 Å². The van der Waals surface area contributed by atoms with Crippen molar-refractivity contribution < 1.29 is 4.79 Å². The average Bonchev–Trinajstić information content (AvgIpc) is 3.12. The lowest BCUT2D eigenvalue weighted by Crippen LogP contribution is -2.47. The molecule has 0 unspecified atom stereocenters. The van der Waals surface area contributed by atoms with Crippen LogP contribution in [0.15, 0.2) is 67.0 Å². The number of pyridine rings is 2. The van der Waals surface area contributed by atoms with Crippen LogP contribution in [0.4, 0.5) is 0 Å². The van der Waals surface area contributed by atoms with Gasteiger partial charge in [0.2, 0.25) is 5.91 Å². The van der Waals surface area contributed by atoms with Crippen molar-refractivity contribution in [3.05, 3.63) is 77.7 Å². The van der Waals surface area contributed by atoms with Gasteiger partial charge in [-0.2, -0.15) is 0 Å². The molecule has 1 aliphatic heterocycles. The average molecular weight is 418 g/mol. The van der Waals surface area contributed by atoms with Crippen LogP contribution < -0.4 is 5.32 Å². The van der Waals surface area contributed by atoms with Crippen LogP contribution in [0.3, 0.4) is 0 Å². The Bertz CT molecular complexity index is 1200. The fraction of sp³-hybridized carbons (Fsp3) is 0.174. The zero-order valence-corrected chi connectivity index (χ0v) is 17.0. The van der Waals surface area contributed by atoms with Crippen molar-refractivity contribution in [1.82, 2.24) is 24.6 Å². The van der Waals surface area contributed by atoms with E-state index in [9.17, 15) is 4.79 Å². The Labute approximate surface area is 179 Å². The molecule has 1 amide bonds. The third-order valence-electron chi connectivity index (χ3n) is 5.29. The molecule has 3 aromatic heterocycles. The van der Waals surface area contributed by atoms with E-state index in [1.54, 1.807) is 6.20 Å². The van der Waals surface area contributed by atoms with E-state index in [4.69, 9.17) is 16.6 Å². The first-order valence-electron chi connectivity index (χ1n) is 9.85. The summed E-state index contributed by atoms with van der Waals surface area (Å²) >= 11 is 6.09. The highest BCUT2D eigenvalue weighted by atomic mass is 35.5. The molecule has 1 N–H and O–H groups in total. The molecule has 4 heterocycles. The third kappa shape index (κ3) is 3.67. The monoisotopic (exact) mass is 417 g/mol. The fourth-order valence-corrected chi connectivity index (χ4v) is 3.93. The van der Waals surface area contributed by atoms with Gasteiger partial charge in [-0.3, -0.25) is 14.7 Å². The van der Waals surface area contributed by atoms with E-state index in [1.807, 2.05) is 54.6 Å². The predicted molar refractivity (Wildman–Crippen MR) is 117 cm³/mol. The maximum absolute atomic E-state index is 11.9. The number of piperazine rings is 1. The Morgan fingerprint density at radius 1 is 1.03 bits per heavy atom. The number of carbonyl (C=O) groups excluding carboxylic acids is 1. The number of hydrogen-bond acceptors (Lipinski definition) is 4. The van der Waals surface area contributed by atoms with Crippen LogP contribution in [0.1, 0.15) is 5.69 Å². The summed E-state index contributed by atoms with van der Waals surface area (Å²) in [5.41, 5.74) is 5.72. The van der Waals surface area contributed by atoms with Crippen LogP contribution in [0.2, 0.25) is 5.02 Å². The summed E-state index contributed by atoms with van der Waals surface area (Å²) in [5, 5.41) is 3.58. The summed E-state index contributed by atoms with van der Waals surface area (Å²) < 4.78 is 2.11. The molecule has 7 heteroatoms. The number of benzene rings is 1. The van der Waals surface area contributed by atoms with Crippen molar-refractivity contribution >= 4 is 23.2 Å². The highest BCUT2D eigenvalue weighted by Gasteiger charge is 2.21. The molecule has 0 spiro atoms. The maximum atomic E-state index is 11.9. The van der Waals surface area contributed by atoms with Crippen molar-refractivity contribution in [2.45, 2.75) is 6.54 Å². The topological polar surface area (TPSA) is 62.5 Å². The summed E-state index contributed by atoms with van der Waals surface area (Å²) in [4.78, 5) is 23.4. The van der Waals surface area contributed by atoms with Crippen LogP contribution in [-0.4, -0.2) is 44.8 Å². The van der Waals surface area contributed by atoms with Crippen molar-refractivity contribution in [3.63, 3.8) is 0 Å². The molecule has 0 saturated carbocycles. The van der Waals surface area contributed by atoms with Gasteiger partial charge in [0.25, 0.3) is 0 Å². The number of hydrogen-bond donors (Lipinski definition) is 1. The van der Waals surface area contributed by atoms with Crippen LogP contribution in [-0.2, 0) is 11.3 Å². The van der Waals surface area contributed by atoms with Crippen molar-refractivity contribution in [1.29, 1.82) is 0 Å². The van der Waals surface area contributed by atoms with Crippen LogP contribution in [0.5, 0.6) is 0 Å². The zero-order valence-electron chi connectivity index (χ0n) is 16.3. The molecular formula is C23H20ClN5O. The number of halogens is 1. The van der Waals surface area contributed by atoms with Crippen LogP contribution in [0, 0.1) is 0 Å². The Balaban J connectivity index is 1.64. The highest BCUT2D eigenvalue weighted by Crippen LogP contribution is 2.29. The zero-order chi connectivity index (χ0) is 20.5. The van der Waals surface area contributed by atoms with Crippen LogP contribution >= 0.6 is 11.6 Å². The number of fused-ring (bicyclic) bond motifs is 1. The molecule has 1 saturated heterocycles. The molecule has 5 rings (SSSR count). The summed E-state index contributed by atoms with van der Waals surface area (Å²) in [6.07, 6.45) is 3.86. The molecule has 1 aliphatic rings. The van der Waals surface area contributed by atoms with Gasteiger partial charge in [-0.1, -0.05) is 29.8 Å². The van der Waals surface area contributed by atoms with Gasteiger partial charge in [0.05, 0.1) is 23.6 Å². The Morgan fingerprint density at radius 2 is 1.87 bits per heavy atom. The summed E-state index contributed by atoms with van der Waals surface area (Å²) in [7, 11) is 0. The minimum Gasteiger partial charge on any atom is -0.354 e. The maximum Gasteiger partial charge on any atom is 0.234 e. The molecule has 0 atom stereocenters. The van der Waals surface area contributed by atoms with E-state index >= 15 is 0 Å². The minimum atomic E-state index is 0.0530. The molecule has 1 fully saturated rings. The molecule has 0 aliphatic carbocycles. The van der Waals surface area contributed by atoms with E-state index in [1.165, 1.54) is 0 Å². The molecule has 30 heavy (non-hydrogen) atoms. The molecule has 4 aromatic rings. The standard InChI is InChI=1S/C23H20ClN5O/c24-18-7-4-16(5-8-18)23-20(14-28-12-11-26-22(30)15-28)29-13-17(6-9-21(29)27-23)19-3-1-2-10-25-19/h1-10,13H,11-12,14-15H2,(H,26,30). The van der Waals surface area contributed by atoms with E-state index in [0.29, 0.717) is 24.7 Å². The van der Waals surface area contributed by atoms with Crippen molar-refractivity contribution in [2.24, 2.45) is 0 Å². The lowest BCUT2D eigenvalue weighted by Gasteiger charge is -2.26. The van der Waals surface area contributed by atoms with Gasteiger partial charge in [0.15, 0.2) is 0 Å². The second-order valence-corrected chi connectivity index (χ2v) is 7.77. The number of nitrogens with zero attached hydrogens (tertiary/aromatic N) is 4. The highest BCUT2D eigenvalue weighted by molar-refractivity contribution is 6.30. The molecule has 0 radical (unpaired) electrons. The largest absolute Gasteiger partial charge is 0.354 e. The Kier molecular flexibility index (Phi) is 4.94. The predicted octanol–water partition coefficient (Wildman–Crippen LogP) is 3.65. The number of nitrogens with one attached hydrogen (secondary N) is 1. The lowest BCUT2D eigenvalue weighted by atomic mass is 10.1. The Morgan fingerprint density at radius 3 is 2.63 bits per heavy atom. The second-order valence-electron chi connectivity index (χ2n) is 7.34. The number of imidazole rings is 1. The smallest absolute Gasteiger partial charge is 0.234 e. The molecule has 1 aromatic carbocycles. The van der Waals surface area contributed by atoms with Gasteiger partial charge in [0, 0.05) is 48.2 Å². The number of amides is 1. The van der Waals surface area contributed by atoms with Gasteiger partial charge >= 0.3 is 0 Å². The lowest BCUT2D eigenvalue weighted by molar-refractivity contribution is -0.124. The SMILES string of the molecule is O=C1CN(Cc2c(-c3ccc(Cl)cc3)nc3ccc(-c4ccccn4)cn23)CCN1. The van der Waals surface area contributed by atoms with Crippen molar-refractivity contribution in [2.75, 3.05) is 19.6 Å².